The van der Waals surface area contributed by atoms with Crippen LogP contribution in [0, 0.1) is 6.92 Å². The molecule has 0 aliphatic carbocycles. The molecule has 2 amide bonds. The van der Waals surface area contributed by atoms with Crippen molar-refractivity contribution in [1.29, 1.82) is 0 Å². The Hall–Kier alpha value is -3.61. The third kappa shape index (κ3) is 4.20. The molecule has 0 bridgehead atoms. The molecule has 0 unspecified atom stereocenters. The van der Waals surface area contributed by atoms with E-state index in [0.717, 1.165) is 16.8 Å². The number of aromatic nitrogens is 2. The minimum atomic E-state index is -0.339. The van der Waals surface area contributed by atoms with Gasteiger partial charge in [-0.2, -0.15) is 5.10 Å². The number of hydrogen-bond acceptors (Lipinski definition) is 4. The topological polar surface area (TPSA) is 85.2 Å². The number of methoxy groups -OCH3 is 1. The molecule has 0 saturated carbocycles. The molecule has 0 saturated heterocycles. The summed E-state index contributed by atoms with van der Waals surface area (Å²) in [6.45, 7) is 3.43. The van der Waals surface area contributed by atoms with Crippen molar-refractivity contribution < 1.29 is 14.3 Å². The summed E-state index contributed by atoms with van der Waals surface area (Å²) in [6.07, 6.45) is 0. The lowest BCUT2D eigenvalue weighted by Gasteiger charge is -2.09. The lowest BCUT2D eigenvalue weighted by molar-refractivity contribution is -0.114. The van der Waals surface area contributed by atoms with Crippen molar-refractivity contribution in [2.75, 3.05) is 17.7 Å². The molecular formula is C21H22N4O3. The third-order valence-corrected chi connectivity index (χ3v) is 4.18. The lowest BCUT2D eigenvalue weighted by Crippen LogP contribution is -2.13. The van der Waals surface area contributed by atoms with Crippen molar-refractivity contribution in [3.8, 4) is 17.0 Å². The summed E-state index contributed by atoms with van der Waals surface area (Å²) in [6, 6.07) is 14.5. The Labute approximate surface area is 163 Å². The first-order valence-electron chi connectivity index (χ1n) is 8.75. The van der Waals surface area contributed by atoms with Crippen molar-refractivity contribution in [3.63, 3.8) is 0 Å². The van der Waals surface area contributed by atoms with Crippen LogP contribution in [0.5, 0.6) is 5.75 Å². The number of benzene rings is 2. The molecule has 28 heavy (non-hydrogen) atoms. The van der Waals surface area contributed by atoms with Gasteiger partial charge in [0.1, 0.15) is 5.75 Å². The molecule has 0 atom stereocenters. The SMILES string of the molecule is COc1ccc(C)cc1-c1cc(C(=O)Nc2cccc(NC(C)=O)c2)nn1C. The number of carbonyl (C=O) groups is 2. The Bertz CT molecular complexity index is 1040. The normalized spacial score (nSPS) is 10.4. The summed E-state index contributed by atoms with van der Waals surface area (Å²) in [5, 5.41) is 9.83. The molecule has 3 rings (SSSR count). The first-order valence-corrected chi connectivity index (χ1v) is 8.75. The highest BCUT2D eigenvalue weighted by molar-refractivity contribution is 6.04. The van der Waals surface area contributed by atoms with E-state index < -0.39 is 0 Å². The van der Waals surface area contributed by atoms with E-state index >= 15 is 0 Å². The first kappa shape index (κ1) is 19.2. The predicted molar refractivity (Wildman–Crippen MR) is 109 cm³/mol. The number of ether oxygens (including phenoxy) is 1. The predicted octanol–water partition coefficient (Wildman–Crippen LogP) is 3.61. The standard InChI is InChI=1S/C21H22N4O3/c1-13-8-9-20(28-4)17(10-13)19-12-18(24-25(19)3)21(27)23-16-7-5-6-15(11-16)22-14(2)26/h5-12H,1-4H3,(H,22,26)(H,23,27). The number of nitrogens with zero attached hydrogens (tertiary/aromatic N) is 2. The van der Waals surface area contributed by atoms with Crippen LogP contribution < -0.4 is 15.4 Å². The fourth-order valence-corrected chi connectivity index (χ4v) is 2.93. The molecule has 0 aliphatic rings. The van der Waals surface area contributed by atoms with Crippen molar-refractivity contribution in [1.82, 2.24) is 9.78 Å². The van der Waals surface area contributed by atoms with Crippen LogP contribution in [0.2, 0.25) is 0 Å². The summed E-state index contributed by atoms with van der Waals surface area (Å²) in [7, 11) is 3.39. The fraction of sp³-hybridized carbons (Fsp3) is 0.190. The Morgan fingerprint density at radius 1 is 1.04 bits per heavy atom. The number of hydrogen-bond donors (Lipinski definition) is 2. The van der Waals surface area contributed by atoms with Gasteiger partial charge < -0.3 is 15.4 Å². The number of carbonyl (C=O) groups excluding carboxylic acids is 2. The molecule has 3 aromatic rings. The molecule has 1 heterocycles. The maximum atomic E-state index is 12.7. The summed E-state index contributed by atoms with van der Waals surface area (Å²) in [4.78, 5) is 23.9. The fourth-order valence-electron chi connectivity index (χ4n) is 2.93. The van der Waals surface area contributed by atoms with Crippen LogP contribution in [0.1, 0.15) is 23.0 Å². The van der Waals surface area contributed by atoms with Gasteiger partial charge in [0, 0.05) is 30.9 Å². The van der Waals surface area contributed by atoms with E-state index in [-0.39, 0.29) is 17.5 Å². The van der Waals surface area contributed by atoms with Crippen LogP contribution in [0.15, 0.2) is 48.5 Å². The van der Waals surface area contributed by atoms with E-state index in [0.29, 0.717) is 17.1 Å². The summed E-state index contributed by atoms with van der Waals surface area (Å²) < 4.78 is 7.10. The van der Waals surface area contributed by atoms with Crippen LogP contribution in [0.4, 0.5) is 11.4 Å². The Balaban J connectivity index is 1.86. The molecule has 0 spiro atoms. The lowest BCUT2D eigenvalue weighted by atomic mass is 10.1. The highest BCUT2D eigenvalue weighted by Crippen LogP contribution is 2.31. The number of aryl methyl sites for hydroxylation is 2. The van der Waals surface area contributed by atoms with E-state index in [9.17, 15) is 9.59 Å². The van der Waals surface area contributed by atoms with Crippen molar-refractivity contribution in [3.05, 3.63) is 59.8 Å². The van der Waals surface area contributed by atoms with Crippen LogP contribution in [0.3, 0.4) is 0 Å². The summed E-state index contributed by atoms with van der Waals surface area (Å²) >= 11 is 0. The number of nitrogens with one attached hydrogen (secondary N) is 2. The second kappa shape index (κ2) is 7.96. The molecule has 0 aliphatic heterocycles. The van der Waals surface area contributed by atoms with Gasteiger partial charge in [0.25, 0.3) is 5.91 Å². The Morgan fingerprint density at radius 2 is 1.75 bits per heavy atom. The van der Waals surface area contributed by atoms with Crippen LogP contribution in [-0.2, 0) is 11.8 Å². The zero-order chi connectivity index (χ0) is 20.3. The Kier molecular flexibility index (Phi) is 5.44. The average Bonchev–Trinajstić information content (AvgIpc) is 3.03. The number of anilines is 2. The van der Waals surface area contributed by atoms with Crippen molar-refractivity contribution in [2.24, 2.45) is 7.05 Å². The Morgan fingerprint density at radius 3 is 2.43 bits per heavy atom. The van der Waals surface area contributed by atoms with Crippen LogP contribution in [-0.4, -0.2) is 28.7 Å². The van der Waals surface area contributed by atoms with Crippen LogP contribution >= 0.6 is 0 Å². The first-order chi connectivity index (χ1) is 13.4. The molecule has 2 aromatic carbocycles. The highest BCUT2D eigenvalue weighted by Gasteiger charge is 2.17. The van der Waals surface area contributed by atoms with Gasteiger partial charge >= 0.3 is 0 Å². The van der Waals surface area contributed by atoms with Gasteiger partial charge in [-0.05, 0) is 43.3 Å². The molecule has 2 N–H and O–H groups in total. The van der Waals surface area contributed by atoms with Crippen molar-refractivity contribution >= 4 is 23.2 Å². The van der Waals surface area contributed by atoms with Gasteiger partial charge in [-0.1, -0.05) is 17.7 Å². The number of rotatable bonds is 5. The minimum absolute atomic E-state index is 0.176. The molecule has 1 aromatic heterocycles. The second-order valence-electron chi connectivity index (χ2n) is 6.46. The minimum Gasteiger partial charge on any atom is -0.496 e. The molecule has 0 radical (unpaired) electrons. The second-order valence-corrected chi connectivity index (χ2v) is 6.46. The monoisotopic (exact) mass is 378 g/mol. The molecule has 7 nitrogen and oxygen atoms in total. The quantitative estimate of drug-likeness (QED) is 0.710. The van der Waals surface area contributed by atoms with E-state index in [2.05, 4.69) is 15.7 Å². The van der Waals surface area contributed by atoms with Crippen molar-refractivity contribution in [2.45, 2.75) is 13.8 Å². The highest BCUT2D eigenvalue weighted by atomic mass is 16.5. The third-order valence-electron chi connectivity index (χ3n) is 4.18. The average molecular weight is 378 g/mol. The molecule has 7 heteroatoms. The van der Waals surface area contributed by atoms with Gasteiger partial charge in [0.2, 0.25) is 5.91 Å². The van der Waals surface area contributed by atoms with E-state index in [1.165, 1.54) is 6.92 Å². The van der Waals surface area contributed by atoms with E-state index in [1.54, 1.807) is 49.2 Å². The maximum absolute atomic E-state index is 12.7. The van der Waals surface area contributed by atoms with E-state index in [1.807, 2.05) is 25.1 Å². The summed E-state index contributed by atoms with van der Waals surface area (Å²) in [5.74, 6) is 0.196. The smallest absolute Gasteiger partial charge is 0.276 e. The van der Waals surface area contributed by atoms with Gasteiger partial charge in [0.15, 0.2) is 5.69 Å². The largest absolute Gasteiger partial charge is 0.496 e. The van der Waals surface area contributed by atoms with Crippen LogP contribution in [0.25, 0.3) is 11.3 Å². The molecular weight excluding hydrogens is 356 g/mol. The number of amides is 2. The molecule has 144 valence electrons. The summed E-state index contributed by atoms with van der Waals surface area (Å²) in [5.41, 5.74) is 4.18. The maximum Gasteiger partial charge on any atom is 0.276 e. The van der Waals surface area contributed by atoms with Gasteiger partial charge in [-0.15, -0.1) is 0 Å². The van der Waals surface area contributed by atoms with Gasteiger partial charge in [-0.3, -0.25) is 14.3 Å². The zero-order valence-electron chi connectivity index (χ0n) is 16.2. The van der Waals surface area contributed by atoms with Gasteiger partial charge in [-0.25, -0.2) is 0 Å². The zero-order valence-corrected chi connectivity index (χ0v) is 16.2. The van der Waals surface area contributed by atoms with Gasteiger partial charge in [0.05, 0.1) is 12.8 Å². The molecule has 0 fully saturated rings. The van der Waals surface area contributed by atoms with E-state index in [4.69, 9.17) is 4.74 Å².